The molecule has 0 fully saturated rings. The number of carbonyl (C=O) groups is 2. The topological polar surface area (TPSA) is 97.8 Å². The van der Waals surface area contributed by atoms with Crippen LogP contribution in [0, 0.1) is 0 Å². The van der Waals surface area contributed by atoms with Crippen molar-refractivity contribution in [1.29, 1.82) is 0 Å². The number of aromatic nitrogens is 1. The number of methoxy groups -OCH3 is 1. The van der Waals surface area contributed by atoms with Gasteiger partial charge in [-0.2, -0.15) is 0 Å². The molecule has 8 heteroatoms. The Balaban J connectivity index is 1.94. The van der Waals surface area contributed by atoms with E-state index in [9.17, 15) is 9.59 Å². The van der Waals surface area contributed by atoms with Crippen LogP contribution in [0.15, 0.2) is 29.7 Å². The second kappa shape index (κ2) is 11.1. The minimum absolute atomic E-state index is 0.172. The van der Waals surface area contributed by atoms with E-state index in [4.69, 9.17) is 14.6 Å². The molecule has 1 amide bonds. The van der Waals surface area contributed by atoms with Gasteiger partial charge >= 0.3 is 5.97 Å². The van der Waals surface area contributed by atoms with Crippen molar-refractivity contribution in [3.8, 4) is 11.5 Å². The van der Waals surface area contributed by atoms with Crippen molar-refractivity contribution in [2.24, 2.45) is 0 Å². The lowest BCUT2D eigenvalue weighted by atomic mass is 10.2. The predicted molar refractivity (Wildman–Crippen MR) is 109 cm³/mol. The fraction of sp³-hybridized carbons (Fsp3) is 0.350. The summed E-state index contributed by atoms with van der Waals surface area (Å²) < 4.78 is 11.1. The molecular formula is C20H24N2O5S. The quantitative estimate of drug-likeness (QED) is 0.434. The van der Waals surface area contributed by atoms with E-state index in [0.717, 1.165) is 24.8 Å². The number of hydrogen-bond acceptors (Lipinski definition) is 6. The molecule has 2 rings (SSSR count). The zero-order chi connectivity index (χ0) is 20.4. The zero-order valence-electron chi connectivity index (χ0n) is 15.9. The smallest absolute Gasteiger partial charge is 0.309 e. The van der Waals surface area contributed by atoms with E-state index in [1.807, 2.05) is 12.1 Å². The predicted octanol–water partition coefficient (Wildman–Crippen LogP) is 4.00. The van der Waals surface area contributed by atoms with Gasteiger partial charge in [-0.05, 0) is 30.2 Å². The molecule has 0 aliphatic carbocycles. The maximum atomic E-state index is 12.0. The number of carboxylic acid groups (broad SMARTS) is 1. The number of rotatable bonds is 11. The van der Waals surface area contributed by atoms with E-state index in [2.05, 4.69) is 17.2 Å². The Hall–Kier alpha value is -2.87. The standard InChI is InChI=1S/C20H24N2O5S/c1-3-4-5-10-27-16-8-6-14(11-17(16)26-2)7-9-18(23)22-20-21-15(13-28-20)12-19(24)25/h6-9,11,13H,3-5,10,12H2,1-2H3,(H,24,25)(H,21,22,23)/b9-7+. The number of thiazole rings is 1. The summed E-state index contributed by atoms with van der Waals surface area (Å²) in [6.45, 7) is 2.78. The van der Waals surface area contributed by atoms with Crippen LogP contribution in [0.2, 0.25) is 0 Å². The van der Waals surface area contributed by atoms with Gasteiger partial charge in [-0.15, -0.1) is 11.3 Å². The van der Waals surface area contributed by atoms with Gasteiger partial charge in [0.2, 0.25) is 5.91 Å². The van der Waals surface area contributed by atoms with Gasteiger partial charge < -0.3 is 14.6 Å². The Morgan fingerprint density at radius 3 is 2.82 bits per heavy atom. The Morgan fingerprint density at radius 2 is 2.11 bits per heavy atom. The van der Waals surface area contributed by atoms with Gasteiger partial charge in [-0.1, -0.05) is 25.8 Å². The van der Waals surface area contributed by atoms with Gasteiger partial charge in [0.1, 0.15) is 0 Å². The lowest BCUT2D eigenvalue weighted by Crippen LogP contribution is -2.08. The summed E-state index contributed by atoms with van der Waals surface area (Å²) in [5.74, 6) is -0.0314. The molecular weight excluding hydrogens is 380 g/mol. The number of nitrogens with one attached hydrogen (secondary N) is 1. The van der Waals surface area contributed by atoms with Crippen molar-refractivity contribution in [2.45, 2.75) is 32.6 Å². The first kappa shape index (κ1) is 21.4. The Morgan fingerprint density at radius 1 is 1.29 bits per heavy atom. The van der Waals surface area contributed by atoms with Crippen molar-refractivity contribution in [1.82, 2.24) is 4.98 Å². The summed E-state index contributed by atoms with van der Waals surface area (Å²) >= 11 is 1.18. The molecule has 0 radical (unpaired) electrons. The molecule has 0 atom stereocenters. The second-order valence-electron chi connectivity index (χ2n) is 6.00. The van der Waals surface area contributed by atoms with E-state index < -0.39 is 5.97 Å². The molecule has 1 aromatic carbocycles. The van der Waals surface area contributed by atoms with E-state index in [1.54, 1.807) is 24.6 Å². The molecule has 150 valence electrons. The van der Waals surface area contributed by atoms with Gasteiger partial charge in [-0.25, -0.2) is 4.98 Å². The molecule has 0 bridgehead atoms. The van der Waals surface area contributed by atoms with E-state index >= 15 is 0 Å². The molecule has 0 aliphatic heterocycles. The van der Waals surface area contributed by atoms with E-state index in [-0.39, 0.29) is 12.3 Å². The second-order valence-corrected chi connectivity index (χ2v) is 6.86. The summed E-state index contributed by atoms with van der Waals surface area (Å²) in [6.07, 6.45) is 6.11. The van der Waals surface area contributed by atoms with Gasteiger partial charge in [0.15, 0.2) is 16.6 Å². The van der Waals surface area contributed by atoms with Crippen LogP contribution in [0.25, 0.3) is 6.08 Å². The third kappa shape index (κ3) is 7.03. The van der Waals surface area contributed by atoms with Gasteiger partial charge in [0.25, 0.3) is 0 Å². The normalized spacial score (nSPS) is 10.8. The van der Waals surface area contributed by atoms with Crippen molar-refractivity contribution >= 4 is 34.4 Å². The van der Waals surface area contributed by atoms with Crippen LogP contribution in [0.3, 0.4) is 0 Å². The number of carboxylic acids is 1. The van der Waals surface area contributed by atoms with E-state index in [0.29, 0.717) is 28.9 Å². The number of benzene rings is 1. The molecule has 2 N–H and O–H groups in total. The lowest BCUT2D eigenvalue weighted by Gasteiger charge is -2.11. The summed E-state index contributed by atoms with van der Waals surface area (Å²) in [7, 11) is 1.58. The number of hydrogen-bond donors (Lipinski definition) is 2. The third-order valence-electron chi connectivity index (χ3n) is 3.73. The van der Waals surface area contributed by atoms with E-state index in [1.165, 1.54) is 17.4 Å². The Labute approximate surface area is 168 Å². The van der Waals surface area contributed by atoms with Crippen molar-refractivity contribution in [3.63, 3.8) is 0 Å². The molecule has 0 spiro atoms. The fourth-order valence-corrected chi connectivity index (χ4v) is 3.07. The van der Waals surface area contributed by atoms with Crippen LogP contribution >= 0.6 is 11.3 Å². The average molecular weight is 404 g/mol. The minimum atomic E-state index is -0.963. The lowest BCUT2D eigenvalue weighted by molar-refractivity contribution is -0.136. The van der Waals surface area contributed by atoms with Crippen molar-refractivity contribution in [3.05, 3.63) is 40.9 Å². The number of amides is 1. The molecule has 0 saturated carbocycles. The maximum Gasteiger partial charge on any atom is 0.309 e. The van der Waals surface area contributed by atoms with Crippen molar-refractivity contribution in [2.75, 3.05) is 19.0 Å². The monoisotopic (exact) mass is 404 g/mol. The maximum absolute atomic E-state index is 12.0. The van der Waals surface area contributed by atoms with Crippen LogP contribution in [-0.2, 0) is 16.0 Å². The molecule has 0 unspecified atom stereocenters. The summed E-state index contributed by atoms with van der Waals surface area (Å²) in [5.41, 5.74) is 1.20. The number of unbranched alkanes of at least 4 members (excludes halogenated alkanes) is 2. The van der Waals surface area contributed by atoms with Crippen LogP contribution in [0.5, 0.6) is 11.5 Å². The van der Waals surface area contributed by atoms with Crippen molar-refractivity contribution < 1.29 is 24.2 Å². The molecule has 28 heavy (non-hydrogen) atoms. The molecule has 0 saturated heterocycles. The molecule has 1 aromatic heterocycles. The van der Waals surface area contributed by atoms with Gasteiger partial charge in [0, 0.05) is 11.5 Å². The first-order chi connectivity index (χ1) is 13.5. The summed E-state index contributed by atoms with van der Waals surface area (Å²) in [6, 6.07) is 5.46. The molecule has 7 nitrogen and oxygen atoms in total. The average Bonchev–Trinajstić information content (AvgIpc) is 3.09. The number of ether oxygens (including phenoxy) is 2. The van der Waals surface area contributed by atoms with Gasteiger partial charge in [-0.3, -0.25) is 14.9 Å². The van der Waals surface area contributed by atoms with Crippen LogP contribution in [0.4, 0.5) is 5.13 Å². The largest absolute Gasteiger partial charge is 0.493 e. The van der Waals surface area contributed by atoms with Crippen LogP contribution in [0.1, 0.15) is 37.4 Å². The molecule has 2 aromatic rings. The van der Waals surface area contributed by atoms with Gasteiger partial charge in [0.05, 0.1) is 25.8 Å². The van der Waals surface area contributed by atoms with Crippen LogP contribution < -0.4 is 14.8 Å². The molecule has 0 aliphatic rings. The highest BCUT2D eigenvalue weighted by Crippen LogP contribution is 2.28. The third-order valence-corrected chi connectivity index (χ3v) is 4.54. The minimum Gasteiger partial charge on any atom is -0.493 e. The highest BCUT2D eigenvalue weighted by atomic mass is 32.1. The Bertz CT molecular complexity index is 832. The Kier molecular flexibility index (Phi) is 8.48. The number of carbonyl (C=O) groups excluding carboxylic acids is 1. The molecule has 1 heterocycles. The number of anilines is 1. The fourth-order valence-electron chi connectivity index (χ4n) is 2.36. The highest BCUT2D eigenvalue weighted by molar-refractivity contribution is 7.14. The zero-order valence-corrected chi connectivity index (χ0v) is 16.8. The number of aliphatic carboxylic acids is 1. The number of nitrogens with zero attached hydrogens (tertiary/aromatic N) is 1. The summed E-state index contributed by atoms with van der Waals surface area (Å²) in [5, 5.41) is 13.3. The first-order valence-corrected chi connectivity index (χ1v) is 9.86. The van der Waals surface area contributed by atoms with Crippen LogP contribution in [-0.4, -0.2) is 35.7 Å². The SMILES string of the molecule is CCCCCOc1ccc(/C=C/C(=O)Nc2nc(CC(=O)O)cs2)cc1OC. The highest BCUT2D eigenvalue weighted by Gasteiger charge is 2.08. The summed E-state index contributed by atoms with van der Waals surface area (Å²) in [4.78, 5) is 26.8. The first-order valence-electron chi connectivity index (χ1n) is 8.98.